The molecule has 0 N–H and O–H groups in total. The standard InChI is InChI=1S/C26H46S/c1-4-11-25(18-23-12-7-5-8-13-23)17-22(3)26(16-21(2)20-27)19-24-14-9-6-10-15-24/h7,9,12,14,21-27H,4-6,8,10-11,13,15-20H2,1-3H3. The van der Waals surface area contributed by atoms with Gasteiger partial charge in [0.05, 0.1) is 0 Å². The van der Waals surface area contributed by atoms with Crippen LogP contribution < -0.4 is 0 Å². The molecule has 2 aliphatic carbocycles. The Hall–Kier alpha value is -0.170. The smallest absolute Gasteiger partial charge is 0.00720 e. The average molecular weight is 391 g/mol. The van der Waals surface area contributed by atoms with E-state index in [1.807, 2.05) is 0 Å². The summed E-state index contributed by atoms with van der Waals surface area (Å²) in [7, 11) is 0. The molecule has 2 aliphatic rings. The summed E-state index contributed by atoms with van der Waals surface area (Å²) in [4.78, 5) is 0. The zero-order valence-corrected chi connectivity index (χ0v) is 19.3. The summed E-state index contributed by atoms with van der Waals surface area (Å²) in [5.41, 5.74) is 0. The fraction of sp³-hybridized carbons (Fsp3) is 0.846. The van der Waals surface area contributed by atoms with Crippen LogP contribution >= 0.6 is 12.6 Å². The fourth-order valence-corrected chi connectivity index (χ4v) is 5.74. The Morgan fingerprint density at radius 2 is 1.56 bits per heavy atom. The maximum absolute atomic E-state index is 4.59. The summed E-state index contributed by atoms with van der Waals surface area (Å²) in [5.74, 6) is 6.14. The van der Waals surface area contributed by atoms with E-state index in [2.05, 4.69) is 57.7 Å². The summed E-state index contributed by atoms with van der Waals surface area (Å²) in [5, 5.41) is 0. The van der Waals surface area contributed by atoms with Crippen LogP contribution in [0.1, 0.15) is 97.8 Å². The first-order valence-electron chi connectivity index (χ1n) is 12.1. The number of hydrogen-bond acceptors (Lipinski definition) is 1. The van der Waals surface area contributed by atoms with E-state index >= 15 is 0 Å². The minimum absolute atomic E-state index is 0.749. The predicted octanol–water partition coefficient (Wildman–Crippen LogP) is 8.49. The van der Waals surface area contributed by atoms with Gasteiger partial charge in [-0.15, -0.1) is 0 Å². The van der Waals surface area contributed by atoms with Gasteiger partial charge in [0, 0.05) is 0 Å². The lowest BCUT2D eigenvalue weighted by Gasteiger charge is -2.33. The van der Waals surface area contributed by atoms with Gasteiger partial charge in [-0.05, 0) is 105 Å². The highest BCUT2D eigenvalue weighted by molar-refractivity contribution is 7.80. The second-order valence-corrected chi connectivity index (χ2v) is 10.2. The van der Waals surface area contributed by atoms with Gasteiger partial charge in [-0.25, -0.2) is 0 Å². The normalized spacial score (nSPS) is 27.3. The van der Waals surface area contributed by atoms with Gasteiger partial charge in [-0.3, -0.25) is 0 Å². The molecule has 0 fully saturated rings. The molecule has 0 saturated carbocycles. The van der Waals surface area contributed by atoms with Crippen molar-refractivity contribution in [3.8, 4) is 0 Å². The molecule has 0 spiro atoms. The van der Waals surface area contributed by atoms with E-state index in [1.54, 1.807) is 0 Å². The van der Waals surface area contributed by atoms with Crippen LogP contribution in [-0.2, 0) is 0 Å². The Kier molecular flexibility index (Phi) is 11.2. The van der Waals surface area contributed by atoms with Crippen LogP contribution in [0.15, 0.2) is 24.3 Å². The Balaban J connectivity index is 1.95. The van der Waals surface area contributed by atoms with E-state index in [9.17, 15) is 0 Å². The van der Waals surface area contributed by atoms with Gasteiger partial charge in [-0.2, -0.15) is 12.6 Å². The van der Waals surface area contributed by atoms with Crippen molar-refractivity contribution in [3.63, 3.8) is 0 Å². The average Bonchev–Trinajstić information content (AvgIpc) is 2.69. The van der Waals surface area contributed by atoms with Crippen LogP contribution in [0.4, 0.5) is 0 Å². The molecule has 27 heavy (non-hydrogen) atoms. The highest BCUT2D eigenvalue weighted by Gasteiger charge is 2.26. The highest BCUT2D eigenvalue weighted by Crippen LogP contribution is 2.37. The fourth-order valence-electron chi connectivity index (χ4n) is 5.59. The molecule has 6 atom stereocenters. The zero-order valence-electron chi connectivity index (χ0n) is 18.4. The topological polar surface area (TPSA) is 0 Å². The minimum atomic E-state index is 0.749. The lowest BCUT2D eigenvalue weighted by atomic mass is 9.73. The second kappa shape index (κ2) is 13.1. The van der Waals surface area contributed by atoms with Crippen LogP contribution in [0.5, 0.6) is 0 Å². The molecule has 0 bridgehead atoms. The second-order valence-electron chi connectivity index (χ2n) is 9.86. The van der Waals surface area contributed by atoms with Gasteiger partial charge in [0.25, 0.3) is 0 Å². The molecular weight excluding hydrogens is 344 g/mol. The van der Waals surface area contributed by atoms with E-state index in [0.717, 1.165) is 41.3 Å². The van der Waals surface area contributed by atoms with Gasteiger partial charge >= 0.3 is 0 Å². The third-order valence-corrected chi connectivity index (χ3v) is 7.80. The van der Waals surface area contributed by atoms with Crippen LogP contribution in [0.2, 0.25) is 0 Å². The quantitative estimate of drug-likeness (QED) is 0.250. The molecule has 6 unspecified atom stereocenters. The molecule has 2 rings (SSSR count). The summed E-state index contributed by atoms with van der Waals surface area (Å²) in [6.07, 6.45) is 26.6. The maximum atomic E-state index is 4.59. The summed E-state index contributed by atoms with van der Waals surface area (Å²) >= 11 is 4.59. The van der Waals surface area contributed by atoms with Gasteiger partial charge < -0.3 is 0 Å². The molecule has 1 heteroatoms. The van der Waals surface area contributed by atoms with Crippen LogP contribution in [-0.4, -0.2) is 5.75 Å². The first kappa shape index (κ1) is 23.1. The molecule has 0 amide bonds. The van der Waals surface area contributed by atoms with Crippen molar-refractivity contribution in [2.24, 2.45) is 35.5 Å². The van der Waals surface area contributed by atoms with Gasteiger partial charge in [0.2, 0.25) is 0 Å². The van der Waals surface area contributed by atoms with Gasteiger partial charge in [-0.1, -0.05) is 57.9 Å². The Morgan fingerprint density at radius 3 is 2.07 bits per heavy atom. The molecule has 0 aromatic rings. The zero-order chi connectivity index (χ0) is 19.5. The molecule has 0 radical (unpaired) electrons. The van der Waals surface area contributed by atoms with Gasteiger partial charge in [0.15, 0.2) is 0 Å². The summed E-state index contributed by atoms with van der Waals surface area (Å²) in [6.45, 7) is 7.35. The Bertz CT molecular complexity index is 437. The maximum Gasteiger partial charge on any atom is -0.00720 e. The van der Waals surface area contributed by atoms with E-state index in [4.69, 9.17) is 0 Å². The Labute approximate surface area is 176 Å². The molecule has 0 aromatic heterocycles. The molecule has 0 saturated heterocycles. The van der Waals surface area contributed by atoms with E-state index in [0.29, 0.717) is 0 Å². The third kappa shape index (κ3) is 8.80. The predicted molar refractivity (Wildman–Crippen MR) is 125 cm³/mol. The number of hydrogen-bond donors (Lipinski definition) is 1. The van der Waals surface area contributed by atoms with Gasteiger partial charge in [0.1, 0.15) is 0 Å². The summed E-state index contributed by atoms with van der Waals surface area (Å²) < 4.78 is 0. The van der Waals surface area contributed by atoms with E-state index in [1.165, 1.54) is 77.0 Å². The van der Waals surface area contributed by atoms with Crippen molar-refractivity contribution in [1.82, 2.24) is 0 Å². The lowest BCUT2D eigenvalue weighted by molar-refractivity contribution is 0.200. The van der Waals surface area contributed by atoms with Crippen molar-refractivity contribution in [2.45, 2.75) is 97.8 Å². The van der Waals surface area contributed by atoms with Crippen molar-refractivity contribution < 1.29 is 0 Å². The molecule has 156 valence electrons. The number of rotatable bonds is 12. The molecule has 0 nitrogen and oxygen atoms in total. The Morgan fingerprint density at radius 1 is 0.926 bits per heavy atom. The first-order valence-corrected chi connectivity index (χ1v) is 12.7. The largest absolute Gasteiger partial charge is 0.179 e. The SMILES string of the molecule is CCCC(CC1C=CCCC1)CC(C)C(CC(C)CS)CC1C=CCCC1. The van der Waals surface area contributed by atoms with Crippen molar-refractivity contribution in [1.29, 1.82) is 0 Å². The van der Waals surface area contributed by atoms with Crippen LogP contribution in [0, 0.1) is 35.5 Å². The molecule has 0 heterocycles. The van der Waals surface area contributed by atoms with Crippen LogP contribution in [0.3, 0.4) is 0 Å². The molecular formula is C26H46S. The lowest BCUT2D eigenvalue weighted by Crippen LogP contribution is -2.23. The molecule has 0 aliphatic heterocycles. The highest BCUT2D eigenvalue weighted by atomic mass is 32.1. The monoisotopic (exact) mass is 390 g/mol. The number of allylic oxidation sites excluding steroid dienone is 4. The summed E-state index contributed by atoms with van der Waals surface area (Å²) in [6, 6.07) is 0. The van der Waals surface area contributed by atoms with Crippen LogP contribution in [0.25, 0.3) is 0 Å². The first-order chi connectivity index (χ1) is 13.1. The van der Waals surface area contributed by atoms with Crippen molar-refractivity contribution in [3.05, 3.63) is 24.3 Å². The minimum Gasteiger partial charge on any atom is -0.179 e. The third-order valence-electron chi connectivity index (χ3n) is 7.17. The van der Waals surface area contributed by atoms with Crippen molar-refractivity contribution >= 4 is 12.6 Å². The number of thiol groups is 1. The molecule has 0 aromatic carbocycles. The van der Waals surface area contributed by atoms with Crippen molar-refractivity contribution in [2.75, 3.05) is 5.75 Å². The van der Waals surface area contributed by atoms with E-state index < -0.39 is 0 Å². The van der Waals surface area contributed by atoms with E-state index in [-0.39, 0.29) is 0 Å².